The fourth-order valence-electron chi connectivity index (χ4n) is 4.30. The van der Waals surface area contributed by atoms with Crippen molar-refractivity contribution in [2.24, 2.45) is 0 Å². The van der Waals surface area contributed by atoms with Crippen LogP contribution in [0.2, 0.25) is 0 Å². The Morgan fingerprint density at radius 2 is 1.94 bits per heavy atom. The van der Waals surface area contributed by atoms with Crippen LogP contribution in [0.15, 0.2) is 29.2 Å². The second-order valence-electron chi connectivity index (χ2n) is 8.11. The third-order valence-electron chi connectivity index (χ3n) is 5.88. The first-order valence-electron chi connectivity index (χ1n) is 10.2. The summed E-state index contributed by atoms with van der Waals surface area (Å²) in [6.07, 6.45) is 0.560. The molecule has 1 aromatic carbocycles. The van der Waals surface area contributed by atoms with E-state index in [2.05, 4.69) is 15.4 Å². The van der Waals surface area contributed by atoms with E-state index in [9.17, 15) is 22.8 Å². The molecule has 1 aliphatic rings. The Kier molecular flexibility index (Phi) is 5.36. The lowest BCUT2D eigenvalue weighted by Gasteiger charge is -2.15. The number of hydrogen-bond donors (Lipinski definition) is 2. The number of H-pyrrole nitrogens is 1. The zero-order valence-electron chi connectivity index (χ0n) is 17.3. The summed E-state index contributed by atoms with van der Waals surface area (Å²) in [5.41, 5.74) is 0.729. The van der Waals surface area contributed by atoms with Crippen molar-refractivity contribution in [1.82, 2.24) is 20.1 Å². The maximum absolute atomic E-state index is 13.6. The first-order chi connectivity index (χ1) is 14.6. The monoisotopic (exact) mass is 432 g/mol. The summed E-state index contributed by atoms with van der Waals surface area (Å²) >= 11 is 0. The minimum Gasteiger partial charge on any atom is -0.348 e. The number of nitrogens with zero attached hydrogens (tertiary/aromatic N) is 2. The smallest absolute Gasteiger partial charge is 0.348 e. The average Bonchev–Trinajstić information content (AvgIpc) is 3.34. The lowest BCUT2D eigenvalue weighted by molar-refractivity contribution is -0.137. The molecule has 1 fully saturated rings. The number of alkyl halides is 3. The van der Waals surface area contributed by atoms with Crippen molar-refractivity contribution in [2.75, 3.05) is 0 Å². The molecule has 0 bridgehead atoms. The minimum absolute atomic E-state index is 0.0330. The molecule has 2 N–H and O–H groups in total. The third-order valence-corrected chi connectivity index (χ3v) is 5.88. The molecule has 2 heterocycles. The highest BCUT2D eigenvalue weighted by Gasteiger charge is 2.33. The van der Waals surface area contributed by atoms with Gasteiger partial charge in [-0.25, -0.2) is 0 Å². The van der Waals surface area contributed by atoms with E-state index in [1.165, 1.54) is 6.20 Å². The number of amides is 1. The number of nitrogens with one attached hydrogen (secondary N) is 2. The van der Waals surface area contributed by atoms with E-state index in [0.29, 0.717) is 27.7 Å². The van der Waals surface area contributed by atoms with Gasteiger partial charge in [0, 0.05) is 23.2 Å². The van der Waals surface area contributed by atoms with Crippen molar-refractivity contribution in [3.8, 4) is 0 Å². The molecule has 0 unspecified atom stereocenters. The number of rotatable bonds is 4. The number of hydrogen-bond acceptors (Lipinski definition) is 3. The highest BCUT2D eigenvalue weighted by atomic mass is 19.4. The summed E-state index contributed by atoms with van der Waals surface area (Å²) in [5, 5.41) is 7.28. The van der Waals surface area contributed by atoms with E-state index in [0.717, 1.165) is 37.8 Å². The second-order valence-corrected chi connectivity index (χ2v) is 8.11. The molecular formula is C22H23F3N4O2. The van der Waals surface area contributed by atoms with Crippen molar-refractivity contribution in [2.45, 2.75) is 58.3 Å². The number of benzene rings is 1. The first-order valence-corrected chi connectivity index (χ1v) is 10.2. The molecule has 2 aromatic heterocycles. The molecule has 1 amide bonds. The summed E-state index contributed by atoms with van der Waals surface area (Å²) < 4.78 is 42.3. The molecule has 3 aromatic rings. The van der Waals surface area contributed by atoms with Gasteiger partial charge in [-0.05, 0) is 50.5 Å². The second kappa shape index (κ2) is 7.86. The molecule has 0 atom stereocenters. The minimum atomic E-state index is -4.60. The zero-order chi connectivity index (χ0) is 22.3. The zero-order valence-corrected chi connectivity index (χ0v) is 17.3. The van der Waals surface area contributed by atoms with Crippen LogP contribution < -0.4 is 10.9 Å². The Morgan fingerprint density at radius 3 is 2.58 bits per heavy atom. The van der Waals surface area contributed by atoms with Gasteiger partial charge in [-0.3, -0.25) is 14.3 Å². The van der Waals surface area contributed by atoms with Crippen molar-refractivity contribution in [3.63, 3.8) is 0 Å². The number of carbonyl (C=O) groups excluding carboxylic acids is 1. The van der Waals surface area contributed by atoms with E-state index < -0.39 is 17.6 Å². The van der Waals surface area contributed by atoms with Crippen LogP contribution in [-0.2, 0) is 12.7 Å². The van der Waals surface area contributed by atoms with Gasteiger partial charge in [0.15, 0.2) is 0 Å². The van der Waals surface area contributed by atoms with Gasteiger partial charge in [0.2, 0.25) is 0 Å². The van der Waals surface area contributed by atoms with Crippen LogP contribution >= 0.6 is 0 Å². The fraction of sp³-hybridized carbons (Fsp3) is 0.409. The maximum Gasteiger partial charge on any atom is 0.416 e. The molecule has 0 aliphatic heterocycles. The molecule has 0 radical (unpaired) electrons. The lowest BCUT2D eigenvalue weighted by Crippen LogP contribution is -2.28. The number of aromatic amines is 1. The molecule has 6 nitrogen and oxygen atoms in total. The van der Waals surface area contributed by atoms with E-state index in [-0.39, 0.29) is 23.7 Å². The van der Waals surface area contributed by atoms with Crippen molar-refractivity contribution in [1.29, 1.82) is 0 Å². The average molecular weight is 432 g/mol. The number of pyridine rings is 1. The van der Waals surface area contributed by atoms with Crippen LogP contribution in [-0.4, -0.2) is 20.7 Å². The highest BCUT2D eigenvalue weighted by molar-refractivity contribution is 6.06. The topological polar surface area (TPSA) is 79.8 Å². The first kappa shape index (κ1) is 21.1. The van der Waals surface area contributed by atoms with Gasteiger partial charge < -0.3 is 10.3 Å². The predicted molar refractivity (Wildman–Crippen MR) is 110 cm³/mol. The number of aromatic nitrogens is 3. The molecule has 0 spiro atoms. The van der Waals surface area contributed by atoms with Crippen molar-refractivity contribution in [3.05, 3.63) is 62.7 Å². The van der Waals surface area contributed by atoms with E-state index in [1.807, 2.05) is 0 Å². The van der Waals surface area contributed by atoms with E-state index in [1.54, 1.807) is 24.6 Å². The Bertz CT molecular complexity index is 1200. The SMILES string of the molecule is Cc1cc(C)c(CNC(=O)c2cc(C(F)(F)F)cc3c2cnn3C2CCCC2)c(=O)[nH]1. The summed E-state index contributed by atoms with van der Waals surface area (Å²) in [6, 6.07) is 3.72. The van der Waals surface area contributed by atoms with E-state index in [4.69, 9.17) is 0 Å². The standard InChI is InChI=1S/C22H23F3N4O2/c1-12-7-13(2)28-21(31)17(12)10-26-20(30)16-8-14(22(23,24)25)9-19-18(16)11-27-29(19)15-5-3-4-6-15/h7-9,11,15H,3-6,10H2,1-2H3,(H,26,30)(H,28,31). The predicted octanol–water partition coefficient (Wildman–Crippen LogP) is 4.41. The van der Waals surface area contributed by atoms with Crippen LogP contribution in [0.5, 0.6) is 0 Å². The Morgan fingerprint density at radius 1 is 1.23 bits per heavy atom. The van der Waals surface area contributed by atoms with Crippen molar-refractivity contribution < 1.29 is 18.0 Å². The Balaban J connectivity index is 1.72. The van der Waals surface area contributed by atoms with Gasteiger partial charge in [-0.1, -0.05) is 12.8 Å². The van der Waals surface area contributed by atoms with Gasteiger partial charge in [0.1, 0.15) is 0 Å². The summed E-state index contributed by atoms with van der Waals surface area (Å²) in [7, 11) is 0. The fourth-order valence-corrected chi connectivity index (χ4v) is 4.30. The third kappa shape index (κ3) is 4.08. The molecule has 4 rings (SSSR count). The highest BCUT2D eigenvalue weighted by Crippen LogP contribution is 2.36. The quantitative estimate of drug-likeness (QED) is 0.641. The number of fused-ring (bicyclic) bond motifs is 1. The van der Waals surface area contributed by atoms with Gasteiger partial charge >= 0.3 is 6.18 Å². The summed E-state index contributed by atoms with van der Waals surface area (Å²) in [6.45, 7) is 3.41. The molecule has 31 heavy (non-hydrogen) atoms. The Labute approximate surface area is 176 Å². The molecule has 0 saturated heterocycles. The Hall–Kier alpha value is -3.10. The molecule has 164 valence electrons. The van der Waals surface area contributed by atoms with Crippen LogP contribution in [0.4, 0.5) is 13.2 Å². The van der Waals surface area contributed by atoms with Gasteiger partial charge in [-0.2, -0.15) is 18.3 Å². The van der Waals surface area contributed by atoms with E-state index >= 15 is 0 Å². The normalized spacial score (nSPS) is 15.0. The molecular weight excluding hydrogens is 409 g/mol. The van der Waals surface area contributed by atoms with Crippen LogP contribution in [0, 0.1) is 13.8 Å². The summed E-state index contributed by atoms with van der Waals surface area (Å²) in [4.78, 5) is 27.8. The van der Waals surface area contributed by atoms with Gasteiger partial charge in [0.25, 0.3) is 11.5 Å². The van der Waals surface area contributed by atoms with Crippen LogP contribution in [0.25, 0.3) is 10.9 Å². The van der Waals surface area contributed by atoms with Crippen LogP contribution in [0.1, 0.15) is 64.5 Å². The number of carbonyl (C=O) groups is 1. The number of aryl methyl sites for hydroxylation is 2. The maximum atomic E-state index is 13.6. The molecule has 1 saturated carbocycles. The van der Waals surface area contributed by atoms with Gasteiger partial charge in [0.05, 0.1) is 28.9 Å². The molecule has 9 heteroatoms. The number of halogens is 3. The largest absolute Gasteiger partial charge is 0.416 e. The van der Waals surface area contributed by atoms with Gasteiger partial charge in [-0.15, -0.1) is 0 Å². The van der Waals surface area contributed by atoms with Crippen molar-refractivity contribution >= 4 is 16.8 Å². The summed E-state index contributed by atoms with van der Waals surface area (Å²) in [5.74, 6) is -0.679. The van der Waals surface area contributed by atoms with Crippen LogP contribution in [0.3, 0.4) is 0 Å². The lowest BCUT2D eigenvalue weighted by atomic mass is 10.0. The molecule has 1 aliphatic carbocycles.